The van der Waals surface area contributed by atoms with Crippen molar-refractivity contribution < 1.29 is 17.9 Å². The summed E-state index contributed by atoms with van der Waals surface area (Å²) in [5.41, 5.74) is -0.841. The maximum absolute atomic E-state index is 12.6. The Bertz CT molecular complexity index is 468. The molecule has 2 heterocycles. The van der Waals surface area contributed by atoms with Gasteiger partial charge in [0.1, 0.15) is 5.82 Å². The molecule has 1 saturated heterocycles. The molecule has 1 aliphatic heterocycles. The molecule has 1 unspecified atom stereocenters. The van der Waals surface area contributed by atoms with E-state index in [-0.39, 0.29) is 11.1 Å². The molecule has 1 atom stereocenters. The number of alkyl halides is 3. The number of hydrogen-bond donors (Lipinski definition) is 1. The van der Waals surface area contributed by atoms with Gasteiger partial charge >= 0.3 is 6.18 Å². The number of nitrogens with one attached hydrogen (secondary N) is 1. The molecular weight excluding hydrogens is 295 g/mol. The van der Waals surface area contributed by atoms with Crippen molar-refractivity contribution >= 4 is 17.4 Å². The highest BCUT2D eigenvalue weighted by Gasteiger charge is 2.32. The Morgan fingerprint density at radius 1 is 1.55 bits per heavy atom. The van der Waals surface area contributed by atoms with E-state index >= 15 is 0 Å². The zero-order valence-electron chi connectivity index (χ0n) is 10.9. The third kappa shape index (κ3) is 3.53. The maximum Gasteiger partial charge on any atom is 0.417 e. The summed E-state index contributed by atoms with van der Waals surface area (Å²) < 4.78 is 43.2. The molecule has 0 aromatic carbocycles. The van der Waals surface area contributed by atoms with Crippen LogP contribution in [0.2, 0.25) is 5.02 Å². The van der Waals surface area contributed by atoms with Gasteiger partial charge in [-0.2, -0.15) is 13.2 Å². The first-order valence-corrected chi connectivity index (χ1v) is 6.53. The normalized spacial score (nSPS) is 20.2. The van der Waals surface area contributed by atoms with Crippen LogP contribution in [0.25, 0.3) is 0 Å². The third-order valence-electron chi connectivity index (χ3n) is 3.02. The molecule has 1 N–H and O–H groups in total. The summed E-state index contributed by atoms with van der Waals surface area (Å²) in [6.45, 7) is 2.25. The molecule has 0 spiro atoms. The van der Waals surface area contributed by atoms with E-state index in [4.69, 9.17) is 16.3 Å². The first kappa shape index (κ1) is 15.3. The number of anilines is 1. The maximum atomic E-state index is 12.6. The number of nitrogens with zero attached hydrogens (tertiary/aromatic N) is 2. The number of halogens is 4. The Balaban J connectivity index is 2.16. The van der Waals surface area contributed by atoms with Gasteiger partial charge in [-0.3, -0.25) is 0 Å². The van der Waals surface area contributed by atoms with Gasteiger partial charge in [0.15, 0.2) is 0 Å². The molecule has 2 rings (SSSR count). The molecule has 0 radical (unpaired) electrons. The van der Waals surface area contributed by atoms with Crippen LogP contribution in [0.5, 0.6) is 0 Å². The van der Waals surface area contributed by atoms with Crippen molar-refractivity contribution in [3.8, 4) is 0 Å². The lowest BCUT2D eigenvalue weighted by molar-refractivity contribution is -0.137. The first-order valence-electron chi connectivity index (χ1n) is 6.15. The second-order valence-corrected chi connectivity index (χ2v) is 4.93. The molecule has 0 saturated carbocycles. The molecule has 1 aliphatic rings. The molecule has 0 aliphatic carbocycles. The molecule has 1 fully saturated rings. The van der Waals surface area contributed by atoms with Crippen molar-refractivity contribution in [1.29, 1.82) is 0 Å². The Hall–Kier alpha value is -1.05. The fourth-order valence-electron chi connectivity index (χ4n) is 2.08. The number of morpholine rings is 1. The van der Waals surface area contributed by atoms with Crippen molar-refractivity contribution in [3.63, 3.8) is 0 Å². The quantitative estimate of drug-likeness (QED) is 0.928. The van der Waals surface area contributed by atoms with Gasteiger partial charge in [-0.05, 0) is 13.1 Å². The fourth-order valence-corrected chi connectivity index (χ4v) is 2.37. The number of hydrogen-bond acceptors (Lipinski definition) is 4. The standard InChI is InChI=1S/C12H15ClF3N3O/c1-17-6-9-7-19(2-3-20-9)11-10(13)4-8(5-18-11)12(14,15)16/h4-5,9,17H,2-3,6-7H2,1H3. The van der Waals surface area contributed by atoms with E-state index in [1.54, 1.807) is 0 Å². The van der Waals surface area contributed by atoms with E-state index < -0.39 is 11.7 Å². The number of pyridine rings is 1. The molecule has 112 valence electrons. The van der Waals surface area contributed by atoms with Gasteiger partial charge in [0.25, 0.3) is 0 Å². The summed E-state index contributed by atoms with van der Waals surface area (Å²) in [5.74, 6) is 0.365. The van der Waals surface area contributed by atoms with Gasteiger partial charge in [-0.1, -0.05) is 11.6 Å². The molecule has 0 amide bonds. The highest BCUT2D eigenvalue weighted by molar-refractivity contribution is 6.33. The van der Waals surface area contributed by atoms with Crippen LogP contribution in [-0.2, 0) is 10.9 Å². The highest BCUT2D eigenvalue weighted by atomic mass is 35.5. The summed E-state index contributed by atoms with van der Waals surface area (Å²) in [6, 6.07) is 0.909. The fraction of sp³-hybridized carbons (Fsp3) is 0.583. The van der Waals surface area contributed by atoms with Crippen LogP contribution in [0.4, 0.5) is 19.0 Å². The number of aromatic nitrogens is 1. The predicted molar refractivity (Wildman–Crippen MR) is 70.1 cm³/mol. The van der Waals surface area contributed by atoms with Gasteiger partial charge in [-0.15, -0.1) is 0 Å². The minimum atomic E-state index is -4.44. The van der Waals surface area contributed by atoms with Crippen molar-refractivity contribution in [2.45, 2.75) is 12.3 Å². The van der Waals surface area contributed by atoms with Crippen LogP contribution < -0.4 is 10.2 Å². The van der Waals surface area contributed by atoms with E-state index in [0.717, 1.165) is 12.3 Å². The Kier molecular flexibility index (Phi) is 4.72. The van der Waals surface area contributed by atoms with Crippen molar-refractivity contribution in [1.82, 2.24) is 10.3 Å². The second-order valence-electron chi connectivity index (χ2n) is 4.52. The zero-order chi connectivity index (χ0) is 14.8. The predicted octanol–water partition coefficient (Wildman–Crippen LogP) is 2.18. The SMILES string of the molecule is CNCC1CN(c2ncc(C(F)(F)F)cc2Cl)CCO1. The average Bonchev–Trinajstić information content (AvgIpc) is 2.38. The zero-order valence-corrected chi connectivity index (χ0v) is 11.6. The average molecular weight is 310 g/mol. The summed E-state index contributed by atoms with van der Waals surface area (Å²) in [7, 11) is 1.81. The van der Waals surface area contributed by atoms with Crippen LogP contribution in [0.15, 0.2) is 12.3 Å². The number of likely N-dealkylation sites (N-methyl/N-ethyl adjacent to an activating group) is 1. The second kappa shape index (κ2) is 6.15. The third-order valence-corrected chi connectivity index (χ3v) is 3.30. The Morgan fingerprint density at radius 2 is 2.30 bits per heavy atom. The summed E-state index contributed by atoms with van der Waals surface area (Å²) in [6.07, 6.45) is -3.66. The monoisotopic (exact) mass is 309 g/mol. The van der Waals surface area contributed by atoms with Gasteiger partial charge in [0.2, 0.25) is 0 Å². The van der Waals surface area contributed by atoms with Gasteiger partial charge < -0.3 is 15.0 Å². The van der Waals surface area contributed by atoms with Crippen LogP contribution in [0, 0.1) is 0 Å². The minimum Gasteiger partial charge on any atom is -0.373 e. The van der Waals surface area contributed by atoms with E-state index in [1.165, 1.54) is 0 Å². The minimum absolute atomic E-state index is 0.00457. The summed E-state index contributed by atoms with van der Waals surface area (Å²) >= 11 is 5.93. The number of ether oxygens (including phenoxy) is 1. The van der Waals surface area contributed by atoms with Crippen LogP contribution in [0.3, 0.4) is 0 Å². The van der Waals surface area contributed by atoms with E-state index in [9.17, 15) is 13.2 Å². The molecule has 4 nitrogen and oxygen atoms in total. The summed E-state index contributed by atoms with van der Waals surface area (Å²) in [4.78, 5) is 5.70. The van der Waals surface area contributed by atoms with E-state index in [0.29, 0.717) is 32.1 Å². The molecule has 8 heteroatoms. The van der Waals surface area contributed by atoms with Gasteiger partial charge in [0.05, 0.1) is 23.3 Å². The van der Waals surface area contributed by atoms with Crippen molar-refractivity contribution in [2.75, 3.05) is 38.2 Å². The van der Waals surface area contributed by atoms with Crippen LogP contribution >= 0.6 is 11.6 Å². The lowest BCUT2D eigenvalue weighted by atomic mass is 10.2. The van der Waals surface area contributed by atoms with Crippen LogP contribution in [-0.4, -0.2) is 44.4 Å². The largest absolute Gasteiger partial charge is 0.417 e. The molecule has 1 aromatic heterocycles. The molecule has 0 bridgehead atoms. The number of rotatable bonds is 3. The van der Waals surface area contributed by atoms with Crippen LogP contribution in [0.1, 0.15) is 5.56 Å². The van der Waals surface area contributed by atoms with E-state index in [1.807, 2.05) is 11.9 Å². The lowest BCUT2D eigenvalue weighted by Gasteiger charge is -2.34. The van der Waals surface area contributed by atoms with Crippen molar-refractivity contribution in [2.24, 2.45) is 0 Å². The molecular formula is C12H15ClF3N3O. The van der Waals surface area contributed by atoms with Gasteiger partial charge in [-0.25, -0.2) is 4.98 Å². The van der Waals surface area contributed by atoms with E-state index in [2.05, 4.69) is 10.3 Å². The Morgan fingerprint density at radius 3 is 2.90 bits per heavy atom. The van der Waals surface area contributed by atoms with Gasteiger partial charge in [0, 0.05) is 25.8 Å². The first-order chi connectivity index (χ1) is 9.41. The smallest absolute Gasteiger partial charge is 0.373 e. The molecule has 20 heavy (non-hydrogen) atoms. The lowest BCUT2D eigenvalue weighted by Crippen LogP contribution is -2.46. The Labute approximate surface area is 119 Å². The highest BCUT2D eigenvalue weighted by Crippen LogP contribution is 2.33. The summed E-state index contributed by atoms with van der Waals surface area (Å²) in [5, 5.41) is 3.00. The van der Waals surface area contributed by atoms with Crippen molar-refractivity contribution in [3.05, 3.63) is 22.8 Å². The topological polar surface area (TPSA) is 37.4 Å². The molecule has 1 aromatic rings.